The smallest absolute Gasteiger partial charge is 0.249 e. The van der Waals surface area contributed by atoms with E-state index in [-0.39, 0.29) is 50.8 Å². The van der Waals surface area contributed by atoms with Gasteiger partial charge in [-0.1, -0.05) is 123 Å². The Morgan fingerprint density at radius 1 is 0.417 bits per heavy atom. The van der Waals surface area contributed by atoms with E-state index in [1.807, 2.05) is 0 Å². The van der Waals surface area contributed by atoms with E-state index in [4.69, 9.17) is 37.9 Å². The summed E-state index contributed by atoms with van der Waals surface area (Å²) in [5.41, 5.74) is 11.5. The fraction of sp³-hybridized carbons (Fsp3) is 0.468. The number of rotatable bonds is 19. The molecule has 11 rings (SSSR count). The van der Waals surface area contributed by atoms with Gasteiger partial charge in [0.05, 0.1) is 5.56 Å². The molecule has 4 unspecified atom stereocenters. The van der Waals surface area contributed by atoms with E-state index in [1.54, 1.807) is 0 Å². The van der Waals surface area contributed by atoms with Gasteiger partial charge < -0.3 is 37.9 Å². The zero-order valence-electron chi connectivity index (χ0n) is 43.0. The maximum atomic E-state index is 7.06. The Hall–Kier alpha value is -6.29. The molecule has 10 heteroatoms. The average molecular weight is 974 g/mol. The van der Waals surface area contributed by atoms with Crippen LogP contribution >= 0.6 is 0 Å². The number of benzene rings is 5. The van der Waals surface area contributed by atoms with Crippen LogP contribution in [-0.2, 0) is 6.54 Å². The summed E-state index contributed by atoms with van der Waals surface area (Å²) >= 11 is 0. The molecular weight excluding hydrogens is 901 g/mol. The molecule has 10 nitrogen and oxygen atoms in total. The lowest BCUT2D eigenvalue weighted by Crippen LogP contribution is -2.33. The number of unbranched alkanes of at least 4 members (excludes halogenated alkanes) is 8. The number of hydrogen-bond acceptors (Lipinski definition) is 8. The number of para-hydroxylation sites is 1. The molecule has 5 aromatic carbocycles. The molecule has 6 aromatic rings. The molecule has 1 aliphatic carbocycles. The van der Waals surface area contributed by atoms with Gasteiger partial charge in [0.1, 0.15) is 70.6 Å². The first-order chi connectivity index (χ1) is 35.5. The number of aromatic nitrogens is 2. The second-order valence-electron chi connectivity index (χ2n) is 20.6. The van der Waals surface area contributed by atoms with Crippen LogP contribution < -0.4 is 42.5 Å². The molecule has 72 heavy (non-hydrogen) atoms. The second-order valence-corrected chi connectivity index (χ2v) is 20.6. The van der Waals surface area contributed by atoms with Crippen molar-refractivity contribution in [3.63, 3.8) is 0 Å². The molecule has 0 saturated heterocycles. The second kappa shape index (κ2) is 21.8. The minimum atomic E-state index is -0.0517. The van der Waals surface area contributed by atoms with Gasteiger partial charge in [0, 0.05) is 86.4 Å². The summed E-state index contributed by atoms with van der Waals surface area (Å²) in [6, 6.07) is 26.8. The van der Waals surface area contributed by atoms with Crippen LogP contribution in [0.2, 0.25) is 0 Å². The molecule has 0 spiro atoms. The summed E-state index contributed by atoms with van der Waals surface area (Å²) in [5, 5.41) is 0. The van der Waals surface area contributed by atoms with E-state index in [0.717, 1.165) is 160 Å². The monoisotopic (exact) mass is 974 g/mol. The molecule has 0 N–H and O–H groups in total. The van der Waals surface area contributed by atoms with E-state index >= 15 is 0 Å². The molecule has 5 aliphatic rings. The predicted molar refractivity (Wildman–Crippen MR) is 279 cm³/mol. The van der Waals surface area contributed by atoms with Crippen molar-refractivity contribution in [3.05, 3.63) is 142 Å². The highest BCUT2D eigenvalue weighted by Crippen LogP contribution is 2.56. The maximum Gasteiger partial charge on any atom is 0.249 e. The van der Waals surface area contributed by atoms with E-state index in [2.05, 4.69) is 128 Å². The lowest BCUT2D eigenvalue weighted by molar-refractivity contribution is -0.687. The normalized spacial score (nSPS) is 18.8. The Morgan fingerprint density at radius 3 is 1.14 bits per heavy atom. The molecule has 0 saturated carbocycles. The van der Waals surface area contributed by atoms with E-state index < -0.39 is 0 Å². The fourth-order valence-corrected chi connectivity index (χ4v) is 12.3. The first-order valence-electron chi connectivity index (χ1n) is 27.4. The van der Waals surface area contributed by atoms with Gasteiger partial charge in [0.15, 0.2) is 0 Å². The third-order valence-corrected chi connectivity index (χ3v) is 16.0. The third kappa shape index (κ3) is 9.46. The van der Waals surface area contributed by atoms with Crippen LogP contribution in [0.25, 0.3) is 5.69 Å². The highest BCUT2D eigenvalue weighted by molar-refractivity contribution is 5.66. The van der Waals surface area contributed by atoms with E-state index in [9.17, 15) is 0 Å². The highest BCUT2D eigenvalue weighted by atomic mass is 16.7. The van der Waals surface area contributed by atoms with Gasteiger partial charge >= 0.3 is 0 Å². The zero-order valence-corrected chi connectivity index (χ0v) is 43.0. The van der Waals surface area contributed by atoms with E-state index in [1.165, 1.54) is 44.5 Å². The van der Waals surface area contributed by atoms with Crippen LogP contribution in [0.5, 0.6) is 46.0 Å². The lowest BCUT2D eigenvalue weighted by atomic mass is 9.75. The van der Waals surface area contributed by atoms with Crippen LogP contribution in [-0.4, -0.2) is 31.7 Å². The number of hydrogen-bond donors (Lipinski definition) is 0. The SMILES string of the molecule is CCCCCC1c2cc3c4cc2OCOc2cc5c(cc21)C(CCCCC)c1cc2c(c(C[n+]6ccn(-c7ccccc7)c6)c1OCO5)OCOc1cc(c(cc1C2CCCCC)C3CCCCC)OCO4. The third-order valence-electron chi connectivity index (χ3n) is 16.0. The molecule has 4 aliphatic heterocycles. The zero-order chi connectivity index (χ0) is 49.0. The van der Waals surface area contributed by atoms with Gasteiger partial charge in [0.25, 0.3) is 0 Å². The van der Waals surface area contributed by atoms with Crippen LogP contribution in [0, 0.1) is 0 Å². The molecule has 0 amide bonds. The summed E-state index contributed by atoms with van der Waals surface area (Å²) in [6.45, 7) is 9.83. The van der Waals surface area contributed by atoms with Crippen molar-refractivity contribution in [3.8, 4) is 51.7 Å². The van der Waals surface area contributed by atoms with Crippen molar-refractivity contribution >= 4 is 0 Å². The van der Waals surface area contributed by atoms with Crippen molar-refractivity contribution in [2.45, 2.75) is 161 Å². The van der Waals surface area contributed by atoms with Gasteiger partial charge in [-0.15, -0.1) is 0 Å². The van der Waals surface area contributed by atoms with Crippen molar-refractivity contribution in [1.82, 2.24) is 4.57 Å². The number of imidazole rings is 1. The van der Waals surface area contributed by atoms with Crippen molar-refractivity contribution < 1.29 is 42.5 Å². The Labute approximate surface area is 426 Å². The van der Waals surface area contributed by atoms with Crippen LogP contribution in [0.4, 0.5) is 0 Å². The molecule has 0 fully saturated rings. The Kier molecular flexibility index (Phi) is 14.5. The number of ether oxygens (including phenoxy) is 8. The first-order valence-corrected chi connectivity index (χ1v) is 27.4. The van der Waals surface area contributed by atoms with Gasteiger partial charge in [-0.05, 0) is 62.1 Å². The van der Waals surface area contributed by atoms with Crippen molar-refractivity contribution in [2.24, 2.45) is 0 Å². The largest absolute Gasteiger partial charge is 0.457 e. The Balaban J connectivity index is 1.23. The summed E-state index contributed by atoms with van der Waals surface area (Å²) in [7, 11) is 0. The van der Waals surface area contributed by atoms with E-state index in [0.29, 0.717) is 6.54 Å². The highest BCUT2D eigenvalue weighted by Gasteiger charge is 2.39. The standard InChI is InChI=1S/C62H73N2O8/c1-5-9-14-22-42-46-28-47-43(23-15-10-6-2)49-30-51-45(25-17-12-8-4)53-31-52-44(24-16-11-7-3)50-29-48(42)57-33-59(50)69-39-71-61(52)54(35-63-26-27-64(36-63)41-20-18-13-19-21-41)62(53)72-40-70-60(51)34-58(49)68-38-66-56(47)32-55(46)65-37-67-57/h13,18-21,26-34,36,42-45H,5-12,14-17,22-25,35,37-40H2,1-4H3/q+1. The molecule has 4 atom stereocenters. The minimum Gasteiger partial charge on any atom is -0.457 e. The van der Waals surface area contributed by atoms with Gasteiger partial charge in [0.2, 0.25) is 33.5 Å². The quantitative estimate of drug-likeness (QED) is 0.0586. The summed E-state index contributed by atoms with van der Waals surface area (Å²) < 4.78 is 58.9. The lowest BCUT2D eigenvalue weighted by Gasteiger charge is -2.35. The molecule has 378 valence electrons. The summed E-state index contributed by atoms with van der Waals surface area (Å²) in [4.78, 5) is 0. The number of nitrogens with zero attached hydrogens (tertiary/aromatic N) is 2. The van der Waals surface area contributed by atoms with Gasteiger partial charge in [-0.2, -0.15) is 0 Å². The Morgan fingerprint density at radius 2 is 0.764 bits per heavy atom. The molecule has 5 heterocycles. The topological polar surface area (TPSA) is 82.7 Å². The molecule has 1 aromatic heterocycles. The van der Waals surface area contributed by atoms with Crippen LogP contribution in [0.1, 0.15) is 204 Å². The van der Waals surface area contributed by atoms with Crippen molar-refractivity contribution in [2.75, 3.05) is 27.2 Å². The average Bonchev–Trinajstić information content (AvgIpc) is 3.85. The molecule has 0 radical (unpaired) electrons. The molecule has 8 bridgehead atoms. The molecular formula is C62H73N2O8+. The fourth-order valence-electron chi connectivity index (χ4n) is 12.3. The summed E-state index contributed by atoms with van der Waals surface area (Å²) in [5.74, 6) is 6.35. The Bertz CT molecular complexity index is 2710. The van der Waals surface area contributed by atoms with Crippen LogP contribution in [0.3, 0.4) is 0 Å². The maximum absolute atomic E-state index is 7.06. The predicted octanol–water partition coefficient (Wildman–Crippen LogP) is 14.9. The first kappa shape index (κ1) is 48.0. The summed E-state index contributed by atoms with van der Waals surface area (Å²) in [6.07, 6.45) is 23.4. The van der Waals surface area contributed by atoms with Crippen molar-refractivity contribution in [1.29, 1.82) is 0 Å². The van der Waals surface area contributed by atoms with Crippen LogP contribution in [0.15, 0.2) is 91.5 Å². The van der Waals surface area contributed by atoms with Gasteiger partial charge in [-0.3, -0.25) is 0 Å². The van der Waals surface area contributed by atoms with Gasteiger partial charge in [-0.25, -0.2) is 9.13 Å². The minimum absolute atomic E-state index is 0.00732.